The van der Waals surface area contributed by atoms with Gasteiger partial charge in [-0.15, -0.1) is 0 Å². The van der Waals surface area contributed by atoms with Gasteiger partial charge in [0.15, 0.2) is 0 Å². The Morgan fingerprint density at radius 1 is 1.15 bits per heavy atom. The molecule has 0 aliphatic carbocycles. The largest absolute Gasteiger partial charge is 0.354 e. The van der Waals surface area contributed by atoms with E-state index < -0.39 is 0 Å². The summed E-state index contributed by atoms with van der Waals surface area (Å²) in [5.74, 6) is 1.34. The van der Waals surface area contributed by atoms with E-state index in [1.165, 1.54) is 5.69 Å². The zero-order chi connectivity index (χ0) is 18.5. The first kappa shape index (κ1) is 17.9. The topological polar surface area (TPSA) is 79.2 Å². The van der Waals surface area contributed by atoms with E-state index in [-0.39, 0.29) is 5.91 Å². The third kappa shape index (κ3) is 4.63. The van der Waals surface area contributed by atoms with Crippen molar-refractivity contribution >= 4 is 11.9 Å². The van der Waals surface area contributed by atoms with Gasteiger partial charge in [-0.1, -0.05) is 0 Å². The maximum absolute atomic E-state index is 12.6. The minimum Gasteiger partial charge on any atom is -0.354 e. The second-order valence-electron chi connectivity index (χ2n) is 7.42. The molecule has 0 radical (unpaired) electrons. The van der Waals surface area contributed by atoms with E-state index in [0.717, 1.165) is 58.5 Å². The Hall–Kier alpha value is -2.48. The van der Waals surface area contributed by atoms with Gasteiger partial charge in [-0.25, -0.2) is 9.97 Å². The van der Waals surface area contributed by atoms with Gasteiger partial charge in [-0.3, -0.25) is 14.4 Å². The van der Waals surface area contributed by atoms with Crippen LogP contribution in [0, 0.1) is 5.92 Å². The highest BCUT2D eigenvalue weighted by molar-refractivity contribution is 5.78. The molecule has 0 spiro atoms. The first-order chi connectivity index (χ1) is 13.3. The molecule has 1 fully saturated rings. The predicted octanol–water partition coefficient (Wildman–Crippen LogP) is 1.23. The average Bonchev–Trinajstić information content (AvgIpc) is 3.33. The Bertz CT molecular complexity index is 742. The summed E-state index contributed by atoms with van der Waals surface area (Å²) in [7, 11) is 0. The number of hydrogen-bond acceptors (Lipinski definition) is 6. The lowest BCUT2D eigenvalue weighted by Gasteiger charge is -2.25. The Kier molecular flexibility index (Phi) is 5.62. The molecular weight excluding hydrogens is 342 g/mol. The molecule has 8 heteroatoms. The molecule has 1 unspecified atom stereocenters. The molecule has 1 N–H and O–H groups in total. The number of fused-ring (bicyclic) bond motifs is 1. The van der Waals surface area contributed by atoms with Crippen LogP contribution in [-0.2, 0) is 17.9 Å². The first-order valence-corrected chi connectivity index (χ1v) is 9.79. The maximum atomic E-state index is 12.6. The lowest BCUT2D eigenvalue weighted by molar-refractivity contribution is -0.131. The Morgan fingerprint density at radius 2 is 1.96 bits per heavy atom. The highest BCUT2D eigenvalue weighted by Crippen LogP contribution is 2.19. The van der Waals surface area contributed by atoms with Gasteiger partial charge in [0, 0.05) is 57.9 Å². The second-order valence-corrected chi connectivity index (χ2v) is 7.42. The molecule has 1 atom stereocenters. The van der Waals surface area contributed by atoms with Gasteiger partial charge in [-0.2, -0.15) is 5.10 Å². The first-order valence-electron chi connectivity index (χ1n) is 9.79. The van der Waals surface area contributed by atoms with Crippen molar-refractivity contribution in [3.63, 3.8) is 0 Å². The molecule has 1 saturated heterocycles. The van der Waals surface area contributed by atoms with Gasteiger partial charge < -0.3 is 10.2 Å². The highest BCUT2D eigenvalue weighted by Gasteiger charge is 2.26. The zero-order valence-corrected chi connectivity index (χ0v) is 15.6. The molecule has 4 rings (SSSR count). The molecule has 2 aromatic rings. The molecule has 0 bridgehead atoms. The summed E-state index contributed by atoms with van der Waals surface area (Å²) >= 11 is 0. The molecule has 4 heterocycles. The number of likely N-dealkylation sites (tertiary alicyclic amines) is 1. The molecule has 8 nitrogen and oxygen atoms in total. The van der Waals surface area contributed by atoms with E-state index in [1.807, 2.05) is 17.2 Å². The van der Waals surface area contributed by atoms with Crippen molar-refractivity contribution in [1.29, 1.82) is 0 Å². The van der Waals surface area contributed by atoms with Crippen molar-refractivity contribution in [3.05, 3.63) is 36.4 Å². The molecule has 0 aromatic carbocycles. The van der Waals surface area contributed by atoms with Crippen molar-refractivity contribution in [2.45, 2.75) is 32.4 Å². The maximum Gasteiger partial charge on any atom is 0.236 e. The fourth-order valence-corrected chi connectivity index (χ4v) is 3.96. The number of nitrogens with zero attached hydrogens (tertiary/aromatic N) is 6. The third-order valence-corrected chi connectivity index (χ3v) is 5.36. The number of aromatic nitrogens is 4. The predicted molar refractivity (Wildman–Crippen MR) is 102 cm³/mol. The normalized spacial score (nSPS) is 20.3. The van der Waals surface area contributed by atoms with Crippen molar-refractivity contribution in [2.75, 3.05) is 38.0 Å². The van der Waals surface area contributed by atoms with Gasteiger partial charge in [0.1, 0.15) is 0 Å². The summed E-state index contributed by atoms with van der Waals surface area (Å²) in [5.41, 5.74) is 1.19. The van der Waals surface area contributed by atoms with Crippen molar-refractivity contribution in [2.24, 2.45) is 5.92 Å². The van der Waals surface area contributed by atoms with E-state index >= 15 is 0 Å². The molecule has 2 aliphatic rings. The summed E-state index contributed by atoms with van der Waals surface area (Å²) in [6.07, 6.45) is 8.58. The second kappa shape index (κ2) is 8.47. The standard InChI is InChI=1S/C19H27N7O/c27-18(25-10-1-2-11-25)15-24-12-16(13-26-17(14-24)5-9-23-26)4-8-22-19-20-6-3-7-21-19/h3,5-7,9,16H,1-2,4,8,10-15H2,(H,20,21,22). The number of carbonyl (C=O) groups excluding carboxylic acids is 1. The Morgan fingerprint density at radius 3 is 2.78 bits per heavy atom. The zero-order valence-electron chi connectivity index (χ0n) is 15.6. The van der Waals surface area contributed by atoms with E-state index in [1.54, 1.807) is 12.4 Å². The van der Waals surface area contributed by atoms with Crippen molar-refractivity contribution in [3.8, 4) is 0 Å². The van der Waals surface area contributed by atoms with E-state index in [2.05, 4.69) is 36.0 Å². The number of hydrogen-bond donors (Lipinski definition) is 1. The van der Waals surface area contributed by atoms with E-state index in [9.17, 15) is 4.79 Å². The highest BCUT2D eigenvalue weighted by atomic mass is 16.2. The molecular formula is C19H27N7O. The van der Waals surface area contributed by atoms with E-state index in [4.69, 9.17) is 0 Å². The van der Waals surface area contributed by atoms with Gasteiger partial charge in [-0.05, 0) is 37.3 Å². The summed E-state index contributed by atoms with van der Waals surface area (Å²) in [6, 6.07) is 3.87. The molecule has 27 heavy (non-hydrogen) atoms. The van der Waals surface area contributed by atoms with Crippen LogP contribution in [-0.4, -0.2) is 68.2 Å². The lowest BCUT2D eigenvalue weighted by Crippen LogP contribution is -2.40. The number of amides is 1. The SMILES string of the molecule is O=C(CN1Cc2ccnn2CC(CCNc2ncccn2)C1)N1CCCC1. The van der Waals surface area contributed by atoms with Crippen LogP contribution in [0.1, 0.15) is 25.0 Å². The van der Waals surface area contributed by atoms with E-state index in [0.29, 0.717) is 18.4 Å². The quantitative estimate of drug-likeness (QED) is 0.825. The minimum absolute atomic E-state index is 0.259. The monoisotopic (exact) mass is 369 g/mol. The number of carbonyl (C=O) groups is 1. The van der Waals surface area contributed by atoms with Gasteiger partial charge >= 0.3 is 0 Å². The van der Waals surface area contributed by atoms with Crippen LogP contribution < -0.4 is 5.32 Å². The fourth-order valence-electron chi connectivity index (χ4n) is 3.96. The van der Waals surface area contributed by atoms with Gasteiger partial charge in [0.25, 0.3) is 0 Å². The van der Waals surface area contributed by atoms with Crippen LogP contribution in [0.15, 0.2) is 30.7 Å². The summed E-state index contributed by atoms with van der Waals surface area (Å²) in [4.78, 5) is 25.3. The summed E-state index contributed by atoms with van der Waals surface area (Å²) in [5, 5.41) is 7.76. The van der Waals surface area contributed by atoms with Crippen LogP contribution in [0.5, 0.6) is 0 Å². The van der Waals surface area contributed by atoms with Crippen LogP contribution in [0.2, 0.25) is 0 Å². The number of anilines is 1. The Balaban J connectivity index is 1.36. The van der Waals surface area contributed by atoms with Crippen LogP contribution >= 0.6 is 0 Å². The fraction of sp³-hybridized carbons (Fsp3) is 0.579. The molecule has 1 amide bonds. The minimum atomic E-state index is 0.259. The lowest BCUT2D eigenvalue weighted by atomic mass is 10.1. The van der Waals surface area contributed by atoms with Crippen molar-refractivity contribution < 1.29 is 4.79 Å². The Labute approximate surface area is 159 Å². The average molecular weight is 369 g/mol. The van der Waals surface area contributed by atoms with Crippen LogP contribution in [0.3, 0.4) is 0 Å². The van der Waals surface area contributed by atoms with Crippen molar-refractivity contribution in [1.82, 2.24) is 29.5 Å². The smallest absolute Gasteiger partial charge is 0.236 e. The molecule has 144 valence electrons. The molecule has 0 saturated carbocycles. The number of nitrogens with one attached hydrogen (secondary N) is 1. The van der Waals surface area contributed by atoms with Crippen LogP contribution in [0.25, 0.3) is 0 Å². The summed E-state index contributed by atoms with van der Waals surface area (Å²) in [6.45, 7) is 5.69. The summed E-state index contributed by atoms with van der Waals surface area (Å²) < 4.78 is 2.09. The van der Waals surface area contributed by atoms with Gasteiger partial charge in [0.2, 0.25) is 11.9 Å². The molecule has 2 aliphatic heterocycles. The molecule has 2 aromatic heterocycles. The van der Waals surface area contributed by atoms with Crippen LogP contribution in [0.4, 0.5) is 5.95 Å². The number of rotatable bonds is 6. The van der Waals surface area contributed by atoms with Gasteiger partial charge in [0.05, 0.1) is 12.2 Å². The third-order valence-electron chi connectivity index (χ3n) is 5.36.